The number of halogens is 2. The Hall–Kier alpha value is -1.95. The van der Waals surface area contributed by atoms with Gasteiger partial charge >= 0.3 is 0 Å². The third-order valence-corrected chi connectivity index (χ3v) is 5.88. The van der Waals surface area contributed by atoms with E-state index < -0.39 is 11.6 Å². The number of nitrogens with zero attached hydrogens (tertiary/aromatic N) is 3. The van der Waals surface area contributed by atoms with Gasteiger partial charge in [-0.3, -0.25) is 0 Å². The topological polar surface area (TPSA) is 30.3 Å². The van der Waals surface area contributed by atoms with Crippen LogP contribution in [0.1, 0.15) is 32.1 Å². The largest absolute Gasteiger partial charge is 0.496 e. The van der Waals surface area contributed by atoms with E-state index in [1.807, 2.05) is 10.8 Å². The minimum absolute atomic E-state index is 0.105. The molecular weight excluding hydrogens is 336 g/mol. The minimum atomic E-state index is -0.903. The molecule has 2 aliphatic heterocycles. The highest BCUT2D eigenvalue weighted by atomic mass is 19.2. The van der Waals surface area contributed by atoms with Gasteiger partial charge in [0.25, 0.3) is 0 Å². The molecule has 0 unspecified atom stereocenters. The van der Waals surface area contributed by atoms with Crippen LogP contribution in [0.25, 0.3) is 11.4 Å². The lowest BCUT2D eigenvalue weighted by Crippen LogP contribution is -2.49. The lowest BCUT2D eigenvalue weighted by molar-refractivity contribution is 0.0521. The van der Waals surface area contributed by atoms with E-state index >= 15 is 0 Å². The average molecular weight is 361 g/mol. The molecule has 26 heavy (non-hydrogen) atoms. The van der Waals surface area contributed by atoms with Gasteiger partial charge in [0.15, 0.2) is 11.6 Å². The van der Waals surface area contributed by atoms with Gasteiger partial charge in [-0.05, 0) is 56.8 Å². The van der Waals surface area contributed by atoms with Crippen molar-refractivity contribution in [2.24, 2.45) is 5.92 Å². The van der Waals surface area contributed by atoms with Gasteiger partial charge in [-0.2, -0.15) is 0 Å². The van der Waals surface area contributed by atoms with Crippen LogP contribution in [0.5, 0.6) is 5.75 Å². The van der Waals surface area contributed by atoms with Crippen molar-refractivity contribution in [3.63, 3.8) is 0 Å². The van der Waals surface area contributed by atoms with Crippen molar-refractivity contribution >= 4 is 0 Å². The highest BCUT2D eigenvalue weighted by Crippen LogP contribution is 2.36. The number of benzene rings is 1. The Bertz CT molecular complexity index is 774. The summed E-state index contributed by atoms with van der Waals surface area (Å²) in [7, 11) is 1.46. The van der Waals surface area contributed by atoms with E-state index in [1.165, 1.54) is 58.4 Å². The van der Waals surface area contributed by atoms with E-state index in [1.54, 1.807) is 6.20 Å². The Morgan fingerprint density at radius 2 is 2.00 bits per heavy atom. The fourth-order valence-electron chi connectivity index (χ4n) is 4.64. The number of hydrogen-bond donors (Lipinski definition) is 0. The predicted molar refractivity (Wildman–Crippen MR) is 96.1 cm³/mol. The Kier molecular flexibility index (Phi) is 4.94. The van der Waals surface area contributed by atoms with Crippen LogP contribution >= 0.6 is 0 Å². The Labute approximate surface area is 152 Å². The molecule has 0 spiro atoms. The molecule has 2 atom stereocenters. The maximum absolute atomic E-state index is 14.5. The Morgan fingerprint density at radius 1 is 1.15 bits per heavy atom. The van der Waals surface area contributed by atoms with E-state index in [9.17, 15) is 8.78 Å². The third-order valence-electron chi connectivity index (χ3n) is 5.88. The van der Waals surface area contributed by atoms with Crippen molar-refractivity contribution in [1.29, 1.82) is 0 Å². The summed E-state index contributed by atoms with van der Waals surface area (Å²) < 4.78 is 35.6. The number of hydrogen-bond acceptors (Lipinski definition) is 3. The first-order valence-corrected chi connectivity index (χ1v) is 9.46. The second-order valence-electron chi connectivity index (χ2n) is 7.34. The number of ether oxygens (including phenoxy) is 1. The van der Waals surface area contributed by atoms with Crippen molar-refractivity contribution in [3.8, 4) is 17.1 Å². The first-order chi connectivity index (χ1) is 12.7. The maximum Gasteiger partial charge on any atom is 0.173 e. The van der Waals surface area contributed by atoms with Gasteiger partial charge in [-0.1, -0.05) is 6.42 Å². The monoisotopic (exact) mass is 361 g/mol. The van der Waals surface area contributed by atoms with Gasteiger partial charge in [0.05, 0.1) is 12.7 Å². The van der Waals surface area contributed by atoms with Gasteiger partial charge in [-0.15, -0.1) is 0 Å². The summed E-state index contributed by atoms with van der Waals surface area (Å²) in [6, 6.07) is 3.13. The van der Waals surface area contributed by atoms with Crippen LogP contribution < -0.4 is 4.74 Å². The molecule has 140 valence electrons. The molecule has 2 saturated heterocycles. The van der Waals surface area contributed by atoms with Crippen LogP contribution in [-0.4, -0.2) is 40.7 Å². The van der Waals surface area contributed by atoms with Gasteiger partial charge in [-0.25, -0.2) is 13.8 Å². The van der Waals surface area contributed by atoms with Crippen molar-refractivity contribution in [1.82, 2.24) is 14.5 Å². The van der Waals surface area contributed by atoms with Gasteiger partial charge in [0, 0.05) is 25.0 Å². The summed E-state index contributed by atoms with van der Waals surface area (Å²) in [4.78, 5) is 6.94. The first kappa shape index (κ1) is 17.5. The molecule has 0 aliphatic carbocycles. The molecule has 2 aliphatic rings. The van der Waals surface area contributed by atoms with Crippen LogP contribution in [0, 0.1) is 17.6 Å². The van der Waals surface area contributed by atoms with Gasteiger partial charge < -0.3 is 14.2 Å². The fraction of sp³-hybridized carbons (Fsp3) is 0.550. The second kappa shape index (κ2) is 7.35. The molecule has 0 bridgehead atoms. The average Bonchev–Trinajstić information content (AvgIpc) is 3.12. The molecular formula is C20H25F2N3O. The van der Waals surface area contributed by atoms with Crippen molar-refractivity contribution in [2.45, 2.75) is 44.7 Å². The number of fused-ring (bicyclic) bond motifs is 1. The van der Waals surface area contributed by atoms with Gasteiger partial charge in [0.1, 0.15) is 11.6 Å². The number of rotatable bonds is 4. The fourth-order valence-corrected chi connectivity index (χ4v) is 4.64. The second-order valence-corrected chi connectivity index (χ2v) is 7.34. The van der Waals surface area contributed by atoms with E-state index in [2.05, 4.69) is 9.88 Å². The molecule has 1 aromatic carbocycles. The molecule has 1 aromatic heterocycles. The number of piperidine rings is 2. The molecule has 2 aromatic rings. The standard InChI is InChI=1S/C20H25F2N3O/c1-26-17-8-7-15(21)19(22)18(17)20-23-9-12-25(20)13-14-5-4-11-24-10-3-2-6-16(14)24/h7-9,12,14,16H,2-6,10-11,13H2,1H3/t14-,16+/m0/s1. The zero-order valence-electron chi connectivity index (χ0n) is 15.1. The summed E-state index contributed by atoms with van der Waals surface area (Å²) in [5.74, 6) is -0.531. The molecule has 4 nitrogen and oxygen atoms in total. The van der Waals surface area contributed by atoms with Crippen LogP contribution in [0.2, 0.25) is 0 Å². The lowest BCUT2D eigenvalue weighted by atomic mass is 9.83. The highest BCUT2D eigenvalue weighted by molar-refractivity contribution is 5.65. The zero-order valence-corrected chi connectivity index (χ0v) is 15.1. The number of methoxy groups -OCH3 is 1. The van der Waals surface area contributed by atoms with Crippen molar-refractivity contribution in [2.75, 3.05) is 20.2 Å². The molecule has 0 N–H and O–H groups in total. The predicted octanol–water partition coefficient (Wildman–Crippen LogP) is 4.10. The van der Waals surface area contributed by atoms with Crippen LogP contribution in [-0.2, 0) is 6.54 Å². The van der Waals surface area contributed by atoms with E-state index in [-0.39, 0.29) is 5.56 Å². The Morgan fingerprint density at radius 3 is 2.85 bits per heavy atom. The number of imidazole rings is 1. The molecule has 0 amide bonds. The summed E-state index contributed by atoms with van der Waals surface area (Å²) in [6.07, 6.45) is 9.67. The SMILES string of the molecule is COc1ccc(F)c(F)c1-c1nccn1C[C@@H]1CCCN2CCCC[C@H]12. The van der Waals surface area contributed by atoms with E-state index in [0.29, 0.717) is 23.5 Å². The molecule has 6 heteroatoms. The quantitative estimate of drug-likeness (QED) is 0.821. The highest BCUT2D eigenvalue weighted by Gasteiger charge is 2.33. The summed E-state index contributed by atoms with van der Waals surface area (Å²) in [5, 5.41) is 0. The first-order valence-electron chi connectivity index (χ1n) is 9.46. The molecule has 4 rings (SSSR count). The molecule has 2 fully saturated rings. The summed E-state index contributed by atoms with van der Waals surface area (Å²) in [5.41, 5.74) is 0.105. The Balaban J connectivity index is 1.65. The minimum Gasteiger partial charge on any atom is -0.496 e. The molecule has 3 heterocycles. The third kappa shape index (κ3) is 3.11. The maximum atomic E-state index is 14.5. The van der Waals surface area contributed by atoms with Crippen molar-refractivity contribution < 1.29 is 13.5 Å². The summed E-state index contributed by atoms with van der Waals surface area (Å²) >= 11 is 0. The van der Waals surface area contributed by atoms with Crippen LogP contribution in [0.3, 0.4) is 0 Å². The molecule has 0 saturated carbocycles. The number of aromatic nitrogens is 2. The lowest BCUT2D eigenvalue weighted by Gasteiger charge is -2.44. The zero-order chi connectivity index (χ0) is 18.1. The van der Waals surface area contributed by atoms with Crippen molar-refractivity contribution in [3.05, 3.63) is 36.2 Å². The van der Waals surface area contributed by atoms with E-state index in [4.69, 9.17) is 4.74 Å². The molecule has 0 radical (unpaired) electrons. The smallest absolute Gasteiger partial charge is 0.173 e. The van der Waals surface area contributed by atoms with E-state index in [0.717, 1.165) is 12.6 Å². The van der Waals surface area contributed by atoms with Gasteiger partial charge in [0.2, 0.25) is 0 Å². The van der Waals surface area contributed by atoms with Crippen LogP contribution in [0.15, 0.2) is 24.5 Å². The normalized spacial score (nSPS) is 23.7. The van der Waals surface area contributed by atoms with Crippen LogP contribution in [0.4, 0.5) is 8.78 Å². The summed E-state index contributed by atoms with van der Waals surface area (Å²) in [6.45, 7) is 3.14.